The molecule has 0 atom stereocenters. The second-order valence-electron chi connectivity index (χ2n) is 5.09. The molecule has 3 rings (SSSR count). The highest BCUT2D eigenvalue weighted by molar-refractivity contribution is 7.07. The van der Waals surface area contributed by atoms with Crippen molar-refractivity contribution in [1.82, 2.24) is 4.57 Å². The van der Waals surface area contributed by atoms with Crippen LogP contribution in [-0.2, 0) is 7.05 Å². The zero-order valence-corrected chi connectivity index (χ0v) is 14.1. The van der Waals surface area contributed by atoms with Gasteiger partial charge in [0.25, 0.3) is 0 Å². The number of hydrogen-bond acceptors (Lipinski definition) is 4. The SMILES string of the molecule is COc1ccc(-c2cs/c(=N/N=C/c3ccc(F)cc3)n2C)cc1. The number of benzene rings is 2. The van der Waals surface area contributed by atoms with Crippen LogP contribution in [-0.4, -0.2) is 17.9 Å². The molecule has 122 valence electrons. The van der Waals surface area contributed by atoms with Crippen LogP contribution in [0.3, 0.4) is 0 Å². The Morgan fingerprint density at radius 3 is 2.46 bits per heavy atom. The maximum Gasteiger partial charge on any atom is 0.210 e. The first-order valence-electron chi connectivity index (χ1n) is 7.29. The summed E-state index contributed by atoms with van der Waals surface area (Å²) in [6.45, 7) is 0. The van der Waals surface area contributed by atoms with Gasteiger partial charge < -0.3 is 9.30 Å². The van der Waals surface area contributed by atoms with Gasteiger partial charge in [0.15, 0.2) is 0 Å². The molecule has 3 aromatic rings. The molecule has 0 aliphatic heterocycles. The van der Waals surface area contributed by atoms with Crippen molar-refractivity contribution in [2.24, 2.45) is 17.3 Å². The number of ether oxygens (including phenoxy) is 1. The molecule has 0 saturated heterocycles. The molecule has 1 aromatic heterocycles. The molecular formula is C18H16FN3OS. The van der Waals surface area contributed by atoms with Gasteiger partial charge in [-0.05, 0) is 47.5 Å². The smallest absolute Gasteiger partial charge is 0.210 e. The predicted octanol–water partition coefficient (Wildman–Crippen LogP) is 3.84. The van der Waals surface area contributed by atoms with Gasteiger partial charge in [0.2, 0.25) is 4.80 Å². The summed E-state index contributed by atoms with van der Waals surface area (Å²) in [7, 11) is 3.60. The molecule has 0 aliphatic carbocycles. The van der Waals surface area contributed by atoms with Crippen LogP contribution in [0, 0.1) is 5.82 Å². The van der Waals surface area contributed by atoms with E-state index >= 15 is 0 Å². The van der Waals surface area contributed by atoms with Crippen molar-refractivity contribution in [3.05, 3.63) is 70.1 Å². The van der Waals surface area contributed by atoms with Crippen LogP contribution in [0.5, 0.6) is 5.75 Å². The summed E-state index contributed by atoms with van der Waals surface area (Å²) in [6.07, 6.45) is 1.60. The summed E-state index contributed by atoms with van der Waals surface area (Å²) in [6, 6.07) is 14.0. The summed E-state index contributed by atoms with van der Waals surface area (Å²) in [5.74, 6) is 0.559. The summed E-state index contributed by atoms with van der Waals surface area (Å²) in [4.78, 5) is 0.777. The third-order valence-corrected chi connectivity index (χ3v) is 4.44. The molecule has 0 spiro atoms. The number of hydrogen-bond donors (Lipinski definition) is 0. The first kappa shape index (κ1) is 16.1. The lowest BCUT2D eigenvalue weighted by molar-refractivity contribution is 0.415. The molecule has 0 unspecified atom stereocenters. The van der Waals surface area contributed by atoms with Crippen molar-refractivity contribution in [3.63, 3.8) is 0 Å². The van der Waals surface area contributed by atoms with E-state index in [0.717, 1.165) is 27.4 Å². The third kappa shape index (κ3) is 3.60. The first-order chi connectivity index (χ1) is 11.7. The van der Waals surface area contributed by atoms with E-state index in [4.69, 9.17) is 4.74 Å². The second-order valence-corrected chi connectivity index (χ2v) is 5.92. The number of nitrogens with zero attached hydrogens (tertiary/aromatic N) is 3. The van der Waals surface area contributed by atoms with Crippen molar-refractivity contribution in [3.8, 4) is 17.0 Å². The summed E-state index contributed by atoms with van der Waals surface area (Å²) >= 11 is 1.51. The fourth-order valence-corrected chi connectivity index (χ4v) is 3.04. The van der Waals surface area contributed by atoms with Crippen molar-refractivity contribution in [2.45, 2.75) is 0 Å². The minimum Gasteiger partial charge on any atom is -0.497 e. The van der Waals surface area contributed by atoms with E-state index in [-0.39, 0.29) is 5.82 Å². The Hall–Kier alpha value is -2.73. The topological polar surface area (TPSA) is 38.9 Å². The molecule has 1 heterocycles. The average Bonchev–Trinajstić information content (AvgIpc) is 2.98. The molecule has 0 aliphatic rings. The summed E-state index contributed by atoms with van der Waals surface area (Å²) in [5.41, 5.74) is 2.94. The Bertz CT molecular complexity index is 909. The molecule has 0 saturated carbocycles. The van der Waals surface area contributed by atoms with Crippen LogP contribution in [0.2, 0.25) is 0 Å². The van der Waals surface area contributed by atoms with Gasteiger partial charge in [-0.15, -0.1) is 16.4 Å². The monoisotopic (exact) mass is 341 g/mol. The van der Waals surface area contributed by atoms with E-state index in [0.29, 0.717) is 0 Å². The average molecular weight is 341 g/mol. The lowest BCUT2D eigenvalue weighted by Gasteiger charge is -2.04. The lowest BCUT2D eigenvalue weighted by Crippen LogP contribution is -2.10. The highest BCUT2D eigenvalue weighted by Gasteiger charge is 2.04. The fraction of sp³-hybridized carbons (Fsp3) is 0.111. The Kier molecular flexibility index (Phi) is 4.86. The normalized spacial score (nSPS) is 12.0. The van der Waals surface area contributed by atoms with E-state index in [9.17, 15) is 4.39 Å². The van der Waals surface area contributed by atoms with Gasteiger partial charge in [0.05, 0.1) is 19.0 Å². The zero-order chi connectivity index (χ0) is 16.9. The molecule has 0 bridgehead atoms. The number of thiazole rings is 1. The van der Waals surface area contributed by atoms with Crippen LogP contribution >= 0.6 is 11.3 Å². The van der Waals surface area contributed by atoms with Crippen LogP contribution in [0.4, 0.5) is 4.39 Å². The number of halogens is 1. The number of methoxy groups -OCH3 is 1. The minimum absolute atomic E-state index is 0.266. The molecule has 0 amide bonds. The second kappa shape index (κ2) is 7.23. The van der Waals surface area contributed by atoms with Crippen molar-refractivity contribution < 1.29 is 9.13 Å². The molecular weight excluding hydrogens is 325 g/mol. The predicted molar refractivity (Wildman–Crippen MR) is 94.8 cm³/mol. The minimum atomic E-state index is -0.266. The molecule has 0 fully saturated rings. The van der Waals surface area contributed by atoms with Gasteiger partial charge >= 0.3 is 0 Å². The van der Waals surface area contributed by atoms with Crippen LogP contribution in [0.15, 0.2) is 64.1 Å². The number of rotatable bonds is 4. The number of aromatic nitrogens is 1. The molecule has 0 N–H and O–H groups in total. The maximum absolute atomic E-state index is 12.9. The van der Waals surface area contributed by atoms with Gasteiger partial charge in [-0.2, -0.15) is 5.10 Å². The highest BCUT2D eigenvalue weighted by Crippen LogP contribution is 2.22. The van der Waals surface area contributed by atoms with Crippen molar-refractivity contribution in [1.29, 1.82) is 0 Å². The Morgan fingerprint density at radius 2 is 1.79 bits per heavy atom. The molecule has 24 heavy (non-hydrogen) atoms. The molecule has 2 aromatic carbocycles. The van der Waals surface area contributed by atoms with E-state index in [1.807, 2.05) is 41.3 Å². The Labute approximate surface area is 143 Å². The Morgan fingerprint density at radius 1 is 1.08 bits per heavy atom. The van der Waals surface area contributed by atoms with Gasteiger partial charge in [-0.25, -0.2) is 4.39 Å². The zero-order valence-electron chi connectivity index (χ0n) is 13.3. The van der Waals surface area contributed by atoms with Gasteiger partial charge in [-0.1, -0.05) is 12.1 Å². The largest absolute Gasteiger partial charge is 0.497 e. The quantitative estimate of drug-likeness (QED) is 0.525. The molecule has 6 heteroatoms. The highest BCUT2D eigenvalue weighted by atomic mass is 32.1. The first-order valence-corrected chi connectivity index (χ1v) is 8.17. The molecule has 0 radical (unpaired) electrons. The van der Waals surface area contributed by atoms with E-state index < -0.39 is 0 Å². The standard InChI is InChI=1S/C18H16FN3OS/c1-22-17(14-5-9-16(23-2)10-6-14)12-24-18(22)21-20-11-13-3-7-15(19)8-4-13/h3-12H,1-2H3/b20-11+,21-18+. The lowest BCUT2D eigenvalue weighted by atomic mass is 10.1. The van der Waals surface area contributed by atoms with Crippen molar-refractivity contribution >= 4 is 17.6 Å². The van der Waals surface area contributed by atoms with Gasteiger partial charge in [0.1, 0.15) is 11.6 Å². The molecule has 4 nitrogen and oxygen atoms in total. The van der Waals surface area contributed by atoms with E-state index in [1.165, 1.54) is 23.5 Å². The van der Waals surface area contributed by atoms with Crippen LogP contribution in [0.1, 0.15) is 5.56 Å². The van der Waals surface area contributed by atoms with E-state index in [1.54, 1.807) is 25.5 Å². The van der Waals surface area contributed by atoms with Crippen LogP contribution < -0.4 is 9.54 Å². The van der Waals surface area contributed by atoms with E-state index in [2.05, 4.69) is 10.2 Å². The fourth-order valence-electron chi connectivity index (χ4n) is 2.18. The third-order valence-electron chi connectivity index (χ3n) is 3.53. The van der Waals surface area contributed by atoms with Gasteiger partial charge in [-0.3, -0.25) is 0 Å². The van der Waals surface area contributed by atoms with Gasteiger partial charge in [0, 0.05) is 12.4 Å². The maximum atomic E-state index is 12.9. The van der Waals surface area contributed by atoms with Crippen molar-refractivity contribution in [2.75, 3.05) is 7.11 Å². The summed E-state index contributed by atoms with van der Waals surface area (Å²) < 4.78 is 20.0. The Balaban J connectivity index is 1.84. The summed E-state index contributed by atoms with van der Waals surface area (Å²) in [5, 5.41) is 10.4. The van der Waals surface area contributed by atoms with Crippen LogP contribution in [0.25, 0.3) is 11.3 Å².